The van der Waals surface area contributed by atoms with Gasteiger partial charge in [-0.2, -0.15) is 0 Å². The van der Waals surface area contributed by atoms with Crippen molar-refractivity contribution in [3.63, 3.8) is 0 Å². The van der Waals surface area contributed by atoms with E-state index in [9.17, 15) is 0 Å². The Labute approximate surface area is 148 Å². The van der Waals surface area contributed by atoms with Crippen LogP contribution in [-0.4, -0.2) is 48.9 Å². The van der Waals surface area contributed by atoms with Gasteiger partial charge in [-0.25, -0.2) is 0 Å². The minimum absolute atomic E-state index is 0.203. The predicted octanol–water partition coefficient (Wildman–Crippen LogP) is 2.60. The molecule has 0 aromatic heterocycles. The number of rotatable bonds is 4. The van der Waals surface area contributed by atoms with E-state index in [2.05, 4.69) is 0 Å². The first-order chi connectivity index (χ1) is 11.8. The van der Waals surface area contributed by atoms with Gasteiger partial charge in [-0.05, 0) is 33.3 Å². The van der Waals surface area contributed by atoms with Gasteiger partial charge in [-0.1, -0.05) is 30.3 Å². The summed E-state index contributed by atoms with van der Waals surface area (Å²) in [6, 6.07) is 10.0. The van der Waals surface area contributed by atoms with E-state index in [1.165, 1.54) is 0 Å². The largest absolute Gasteiger partial charge is 0.348 e. The Morgan fingerprint density at radius 2 is 1.64 bits per heavy atom. The van der Waals surface area contributed by atoms with Crippen LogP contribution in [0.2, 0.25) is 0 Å². The molecular formula is C19H26O6. The fourth-order valence-corrected chi connectivity index (χ4v) is 3.65. The summed E-state index contributed by atoms with van der Waals surface area (Å²) in [4.78, 5) is 0. The van der Waals surface area contributed by atoms with E-state index in [1.807, 2.05) is 58.0 Å². The van der Waals surface area contributed by atoms with Crippen molar-refractivity contribution in [1.29, 1.82) is 0 Å². The first kappa shape index (κ1) is 17.4. The van der Waals surface area contributed by atoms with E-state index in [1.54, 1.807) is 0 Å². The van der Waals surface area contributed by atoms with Crippen molar-refractivity contribution < 1.29 is 28.4 Å². The van der Waals surface area contributed by atoms with Gasteiger partial charge in [0, 0.05) is 0 Å². The van der Waals surface area contributed by atoms with Gasteiger partial charge in [0.2, 0.25) is 0 Å². The van der Waals surface area contributed by atoms with Crippen LogP contribution in [-0.2, 0) is 35.0 Å². The molecule has 1 aromatic rings. The lowest BCUT2D eigenvalue weighted by Crippen LogP contribution is -2.40. The summed E-state index contributed by atoms with van der Waals surface area (Å²) in [5.41, 5.74) is 1.09. The van der Waals surface area contributed by atoms with Gasteiger partial charge in [0.25, 0.3) is 0 Å². The Morgan fingerprint density at radius 1 is 0.920 bits per heavy atom. The van der Waals surface area contributed by atoms with E-state index in [0.29, 0.717) is 13.2 Å². The highest BCUT2D eigenvalue weighted by molar-refractivity contribution is 5.13. The highest BCUT2D eigenvalue weighted by atomic mass is 16.8. The molecule has 0 bridgehead atoms. The van der Waals surface area contributed by atoms with Gasteiger partial charge in [0.1, 0.15) is 24.4 Å². The van der Waals surface area contributed by atoms with Crippen LogP contribution in [0.4, 0.5) is 0 Å². The van der Waals surface area contributed by atoms with Gasteiger partial charge in [-0.3, -0.25) is 0 Å². The van der Waals surface area contributed by atoms with Gasteiger partial charge in [0.05, 0.1) is 13.2 Å². The fourth-order valence-electron chi connectivity index (χ4n) is 3.65. The summed E-state index contributed by atoms with van der Waals surface area (Å²) in [6.07, 6.45) is -1.50. The molecule has 0 radical (unpaired) electrons. The summed E-state index contributed by atoms with van der Waals surface area (Å²) in [5, 5.41) is 0. The maximum absolute atomic E-state index is 6.14. The molecule has 5 atom stereocenters. The minimum atomic E-state index is -0.666. The third kappa shape index (κ3) is 3.60. The molecule has 0 spiro atoms. The molecule has 0 saturated carbocycles. The first-order valence-corrected chi connectivity index (χ1v) is 8.81. The van der Waals surface area contributed by atoms with Gasteiger partial charge >= 0.3 is 0 Å². The normalized spacial score (nSPS) is 38.8. The molecule has 25 heavy (non-hydrogen) atoms. The minimum Gasteiger partial charge on any atom is -0.348 e. The Balaban J connectivity index is 1.47. The lowest BCUT2D eigenvalue weighted by atomic mass is 10.1. The van der Waals surface area contributed by atoms with Crippen molar-refractivity contribution in [2.45, 2.75) is 76.6 Å². The molecule has 3 heterocycles. The number of fused-ring (bicyclic) bond motifs is 1. The van der Waals surface area contributed by atoms with Crippen molar-refractivity contribution >= 4 is 0 Å². The Kier molecular flexibility index (Phi) is 4.38. The number of hydrogen-bond acceptors (Lipinski definition) is 6. The average Bonchev–Trinajstić information content (AvgIpc) is 3.17. The van der Waals surface area contributed by atoms with E-state index in [4.69, 9.17) is 28.4 Å². The van der Waals surface area contributed by atoms with Crippen LogP contribution in [0.15, 0.2) is 30.3 Å². The molecular weight excluding hydrogens is 324 g/mol. The van der Waals surface area contributed by atoms with Crippen molar-refractivity contribution in [3.8, 4) is 0 Å². The highest BCUT2D eigenvalue weighted by Gasteiger charge is 2.59. The number of ether oxygens (including phenoxy) is 6. The lowest BCUT2D eigenvalue weighted by Gasteiger charge is -2.27. The van der Waals surface area contributed by atoms with Crippen LogP contribution in [0.25, 0.3) is 0 Å². The molecule has 0 unspecified atom stereocenters. The van der Waals surface area contributed by atoms with Crippen molar-refractivity contribution in [2.24, 2.45) is 0 Å². The molecule has 4 rings (SSSR count). The van der Waals surface area contributed by atoms with Crippen molar-refractivity contribution in [2.75, 3.05) is 6.61 Å². The molecule has 6 nitrogen and oxygen atoms in total. The zero-order valence-electron chi connectivity index (χ0n) is 15.1. The van der Waals surface area contributed by atoms with Crippen LogP contribution in [0.1, 0.15) is 33.3 Å². The zero-order valence-corrected chi connectivity index (χ0v) is 15.1. The average molecular weight is 350 g/mol. The zero-order chi connectivity index (χ0) is 17.7. The quantitative estimate of drug-likeness (QED) is 0.832. The molecule has 0 N–H and O–H groups in total. The number of hydrogen-bond donors (Lipinski definition) is 0. The molecule has 3 fully saturated rings. The Morgan fingerprint density at radius 3 is 2.32 bits per heavy atom. The third-order valence-corrected chi connectivity index (χ3v) is 4.70. The Hall–Kier alpha value is -1.02. The predicted molar refractivity (Wildman–Crippen MR) is 88.6 cm³/mol. The molecule has 3 saturated heterocycles. The summed E-state index contributed by atoms with van der Waals surface area (Å²) in [6.45, 7) is 8.55. The molecule has 0 amide bonds. The maximum Gasteiger partial charge on any atom is 0.187 e. The summed E-state index contributed by atoms with van der Waals surface area (Å²) in [5.74, 6) is -1.28. The second-order valence-corrected chi connectivity index (χ2v) is 7.70. The lowest BCUT2D eigenvalue weighted by molar-refractivity contribution is -0.250. The van der Waals surface area contributed by atoms with Gasteiger partial charge < -0.3 is 28.4 Å². The second kappa shape index (κ2) is 6.30. The molecule has 3 aliphatic rings. The smallest absolute Gasteiger partial charge is 0.187 e. The SMILES string of the molecule is CC1(C)O[C@@H]2[C@H](O1)[C@H](OCc1ccccc1)O[C@@H]2[C@@H]1COC(C)(C)O1. The van der Waals surface area contributed by atoms with Crippen LogP contribution in [0, 0.1) is 0 Å². The summed E-state index contributed by atoms with van der Waals surface area (Å²) >= 11 is 0. The van der Waals surface area contributed by atoms with E-state index in [-0.39, 0.29) is 24.4 Å². The highest BCUT2D eigenvalue weighted by Crippen LogP contribution is 2.42. The van der Waals surface area contributed by atoms with Crippen LogP contribution in [0.3, 0.4) is 0 Å². The molecule has 3 aliphatic heterocycles. The Bertz CT molecular complexity index is 601. The van der Waals surface area contributed by atoms with Crippen LogP contribution >= 0.6 is 0 Å². The van der Waals surface area contributed by atoms with E-state index >= 15 is 0 Å². The monoisotopic (exact) mass is 350 g/mol. The van der Waals surface area contributed by atoms with Crippen molar-refractivity contribution in [1.82, 2.24) is 0 Å². The molecule has 0 aliphatic carbocycles. The van der Waals surface area contributed by atoms with Crippen LogP contribution in [0.5, 0.6) is 0 Å². The van der Waals surface area contributed by atoms with E-state index in [0.717, 1.165) is 5.56 Å². The van der Waals surface area contributed by atoms with Gasteiger partial charge in [-0.15, -0.1) is 0 Å². The molecule has 138 valence electrons. The first-order valence-electron chi connectivity index (χ1n) is 8.81. The third-order valence-electron chi connectivity index (χ3n) is 4.70. The van der Waals surface area contributed by atoms with Crippen LogP contribution < -0.4 is 0 Å². The summed E-state index contributed by atoms with van der Waals surface area (Å²) < 4.78 is 36.0. The second-order valence-electron chi connectivity index (χ2n) is 7.70. The standard InChI is InChI=1S/C19H26O6/c1-18(2)21-11-13(23-18)14-15-16(25-19(3,4)24-15)17(22-14)20-10-12-8-6-5-7-9-12/h5-9,13-17H,10-11H2,1-4H3/t13-,14+,15-,16-,17+/m0/s1. The topological polar surface area (TPSA) is 55.4 Å². The molecule has 1 aromatic carbocycles. The van der Waals surface area contributed by atoms with Gasteiger partial charge in [0.15, 0.2) is 17.9 Å². The fraction of sp³-hybridized carbons (Fsp3) is 0.684. The van der Waals surface area contributed by atoms with E-state index < -0.39 is 17.9 Å². The number of benzene rings is 1. The molecule has 6 heteroatoms. The van der Waals surface area contributed by atoms with Crippen molar-refractivity contribution in [3.05, 3.63) is 35.9 Å². The maximum atomic E-state index is 6.14. The summed E-state index contributed by atoms with van der Waals surface area (Å²) in [7, 11) is 0.